The lowest BCUT2D eigenvalue weighted by atomic mass is 9.99. The molecule has 0 spiro atoms. The van der Waals surface area contributed by atoms with E-state index in [1.54, 1.807) is 6.20 Å². The number of H-pyrrole nitrogens is 1. The number of aromatic hydroxyl groups is 1. The Labute approximate surface area is 151 Å². The van der Waals surface area contributed by atoms with Crippen LogP contribution in [0.4, 0.5) is 5.82 Å². The van der Waals surface area contributed by atoms with E-state index in [2.05, 4.69) is 20.3 Å². The van der Waals surface area contributed by atoms with Gasteiger partial charge in [0.05, 0.1) is 11.9 Å². The minimum Gasteiger partial charge on any atom is -0.505 e. The number of aryl methyl sites for hydroxylation is 1. The molecule has 5 nitrogen and oxygen atoms in total. The molecular weight excluding hydrogens is 324 g/mol. The molecular formula is C21H19N4O+. The van der Waals surface area contributed by atoms with Crippen molar-refractivity contribution in [1.82, 2.24) is 9.97 Å². The van der Waals surface area contributed by atoms with Gasteiger partial charge in [0.25, 0.3) is 5.82 Å². The van der Waals surface area contributed by atoms with Crippen molar-refractivity contribution in [2.24, 2.45) is 0 Å². The molecule has 0 aliphatic carbocycles. The van der Waals surface area contributed by atoms with Gasteiger partial charge in [-0.05, 0) is 37.3 Å². The molecule has 3 N–H and O–H groups in total. The first kappa shape index (κ1) is 16.0. The van der Waals surface area contributed by atoms with E-state index in [0.717, 1.165) is 28.2 Å². The van der Waals surface area contributed by atoms with E-state index in [1.807, 2.05) is 73.8 Å². The number of phenolic OH excluding ortho intramolecular Hbond substituents is 1. The van der Waals surface area contributed by atoms with Gasteiger partial charge in [0.1, 0.15) is 11.3 Å². The third-order valence-electron chi connectivity index (χ3n) is 4.30. The zero-order chi connectivity index (χ0) is 17.9. The molecule has 4 aromatic rings. The second-order valence-electron chi connectivity index (χ2n) is 6.14. The summed E-state index contributed by atoms with van der Waals surface area (Å²) in [7, 11) is 0. The zero-order valence-electron chi connectivity index (χ0n) is 14.3. The van der Waals surface area contributed by atoms with E-state index in [-0.39, 0.29) is 11.8 Å². The Kier molecular flexibility index (Phi) is 4.19. The Balaban J connectivity index is 1.86. The van der Waals surface area contributed by atoms with Crippen LogP contribution in [0.15, 0.2) is 73.1 Å². The van der Waals surface area contributed by atoms with Crippen LogP contribution in [0.3, 0.4) is 0 Å². The lowest BCUT2D eigenvalue weighted by Gasteiger charge is -2.17. The molecule has 0 aliphatic heterocycles. The van der Waals surface area contributed by atoms with Crippen LogP contribution in [0.1, 0.15) is 23.0 Å². The van der Waals surface area contributed by atoms with Gasteiger partial charge in [-0.3, -0.25) is 15.3 Å². The molecule has 3 heterocycles. The predicted octanol–water partition coefficient (Wildman–Crippen LogP) is 3.66. The van der Waals surface area contributed by atoms with E-state index in [4.69, 9.17) is 0 Å². The summed E-state index contributed by atoms with van der Waals surface area (Å²) >= 11 is 0. The first-order valence-corrected chi connectivity index (χ1v) is 8.46. The van der Waals surface area contributed by atoms with Crippen LogP contribution in [0, 0.1) is 6.92 Å². The number of pyridine rings is 3. The summed E-state index contributed by atoms with van der Waals surface area (Å²) in [5.74, 6) is 1.00. The van der Waals surface area contributed by atoms with Gasteiger partial charge < -0.3 is 5.11 Å². The highest BCUT2D eigenvalue weighted by Crippen LogP contribution is 2.35. The number of anilines is 1. The summed E-state index contributed by atoms with van der Waals surface area (Å²) in [5, 5.41) is 15.2. The van der Waals surface area contributed by atoms with Crippen molar-refractivity contribution in [2.75, 3.05) is 5.32 Å². The number of nitrogens with zero attached hydrogens (tertiary/aromatic N) is 2. The molecule has 0 radical (unpaired) electrons. The molecule has 0 bridgehead atoms. The van der Waals surface area contributed by atoms with Crippen molar-refractivity contribution in [3.8, 4) is 5.75 Å². The Morgan fingerprint density at radius 1 is 1.00 bits per heavy atom. The van der Waals surface area contributed by atoms with Gasteiger partial charge in [-0.1, -0.05) is 24.3 Å². The van der Waals surface area contributed by atoms with Crippen molar-refractivity contribution in [3.05, 3.63) is 90.0 Å². The zero-order valence-corrected chi connectivity index (χ0v) is 14.3. The molecule has 1 aromatic carbocycles. The van der Waals surface area contributed by atoms with Crippen LogP contribution in [0.25, 0.3) is 10.9 Å². The Hall–Kier alpha value is -3.47. The second kappa shape index (κ2) is 6.80. The van der Waals surface area contributed by atoms with E-state index in [0.29, 0.717) is 5.52 Å². The van der Waals surface area contributed by atoms with Crippen molar-refractivity contribution in [3.63, 3.8) is 0 Å². The number of hydrogen-bond acceptors (Lipinski definition) is 4. The van der Waals surface area contributed by atoms with Gasteiger partial charge in [0.2, 0.25) is 0 Å². The van der Waals surface area contributed by atoms with E-state index >= 15 is 0 Å². The average Bonchev–Trinajstić information content (AvgIpc) is 2.68. The predicted molar refractivity (Wildman–Crippen MR) is 101 cm³/mol. The van der Waals surface area contributed by atoms with Crippen LogP contribution in [-0.2, 0) is 0 Å². The lowest BCUT2D eigenvalue weighted by molar-refractivity contribution is -0.361. The monoisotopic (exact) mass is 343 g/mol. The summed E-state index contributed by atoms with van der Waals surface area (Å²) in [6.45, 7) is 1.96. The maximum Gasteiger partial charge on any atom is 0.272 e. The molecule has 0 unspecified atom stereocenters. The highest BCUT2D eigenvalue weighted by atomic mass is 16.3. The van der Waals surface area contributed by atoms with E-state index in [9.17, 15) is 5.11 Å². The molecule has 0 saturated heterocycles. The fraction of sp³-hybridized carbons (Fsp3) is 0.0952. The number of hydrogen-bond donors (Lipinski definition) is 2. The number of benzene rings is 1. The molecule has 0 aliphatic rings. The summed E-state index contributed by atoms with van der Waals surface area (Å²) in [4.78, 5) is 12.2. The number of fused-ring (bicyclic) bond motifs is 1. The van der Waals surface area contributed by atoms with Gasteiger partial charge in [0.15, 0.2) is 6.04 Å². The standard InChI is InChI=1S/C21H18N4O/c1-14-6-4-8-17(24-14)20(25-18-9-2-3-12-22-18)16-11-10-15-7-5-13-23-19(15)21(16)26/h2-13,20,26H,1H3,(H,22,25)/p+1/t20-/m0/s1. The molecule has 0 saturated carbocycles. The number of rotatable bonds is 4. The topological polar surface area (TPSA) is 72.2 Å². The van der Waals surface area contributed by atoms with Gasteiger partial charge >= 0.3 is 0 Å². The van der Waals surface area contributed by atoms with E-state index < -0.39 is 0 Å². The lowest BCUT2D eigenvalue weighted by Crippen LogP contribution is -2.20. The Morgan fingerprint density at radius 3 is 2.73 bits per heavy atom. The summed E-state index contributed by atoms with van der Waals surface area (Å²) in [5.41, 5.74) is 3.06. The summed E-state index contributed by atoms with van der Waals surface area (Å²) in [6.07, 6.45) is 3.54. The highest BCUT2D eigenvalue weighted by Gasteiger charge is 2.25. The largest absolute Gasteiger partial charge is 0.505 e. The SMILES string of the molecule is Cc1cccc([C@@H](Nc2cccc[nH+]2)c2ccc3cccnc3c2O)n1. The number of aromatic amines is 1. The summed E-state index contributed by atoms with van der Waals surface area (Å²) < 4.78 is 0. The molecule has 26 heavy (non-hydrogen) atoms. The first-order chi connectivity index (χ1) is 12.7. The van der Waals surface area contributed by atoms with Crippen LogP contribution in [0.5, 0.6) is 5.75 Å². The third-order valence-corrected chi connectivity index (χ3v) is 4.30. The van der Waals surface area contributed by atoms with Crippen molar-refractivity contribution < 1.29 is 10.1 Å². The van der Waals surface area contributed by atoms with Gasteiger partial charge in [-0.2, -0.15) is 0 Å². The average molecular weight is 343 g/mol. The highest BCUT2D eigenvalue weighted by molar-refractivity contribution is 5.85. The summed E-state index contributed by atoms with van der Waals surface area (Å²) in [6, 6.07) is 19.1. The minimum absolute atomic E-state index is 0.167. The quantitative estimate of drug-likeness (QED) is 0.593. The molecule has 4 rings (SSSR count). The fourth-order valence-electron chi connectivity index (χ4n) is 3.05. The Morgan fingerprint density at radius 2 is 1.92 bits per heavy atom. The van der Waals surface area contributed by atoms with Crippen LogP contribution in [-0.4, -0.2) is 15.1 Å². The van der Waals surface area contributed by atoms with Crippen LogP contribution >= 0.6 is 0 Å². The van der Waals surface area contributed by atoms with Crippen molar-refractivity contribution >= 4 is 16.7 Å². The molecule has 128 valence electrons. The van der Waals surface area contributed by atoms with Crippen molar-refractivity contribution in [1.29, 1.82) is 0 Å². The molecule has 0 amide bonds. The number of aromatic nitrogens is 3. The molecule has 0 fully saturated rings. The maximum absolute atomic E-state index is 10.9. The smallest absolute Gasteiger partial charge is 0.272 e. The number of phenols is 1. The van der Waals surface area contributed by atoms with E-state index in [1.165, 1.54) is 0 Å². The van der Waals surface area contributed by atoms with Crippen LogP contribution < -0.4 is 10.3 Å². The Bertz CT molecular complexity index is 1050. The first-order valence-electron chi connectivity index (χ1n) is 8.46. The normalized spacial score (nSPS) is 12.0. The van der Waals surface area contributed by atoms with Gasteiger partial charge in [-0.25, -0.2) is 4.98 Å². The number of nitrogens with one attached hydrogen (secondary N) is 2. The van der Waals surface area contributed by atoms with Gasteiger partial charge in [0, 0.05) is 28.9 Å². The van der Waals surface area contributed by atoms with Gasteiger partial charge in [-0.15, -0.1) is 0 Å². The third kappa shape index (κ3) is 3.07. The maximum atomic E-state index is 10.9. The minimum atomic E-state index is -0.319. The molecule has 3 aromatic heterocycles. The van der Waals surface area contributed by atoms with Crippen LogP contribution in [0.2, 0.25) is 0 Å². The van der Waals surface area contributed by atoms with Crippen molar-refractivity contribution in [2.45, 2.75) is 13.0 Å². The second-order valence-corrected chi connectivity index (χ2v) is 6.14. The molecule has 5 heteroatoms. The molecule has 1 atom stereocenters. The fourth-order valence-corrected chi connectivity index (χ4v) is 3.05.